The molecule has 0 aromatic heterocycles. The zero-order valence-corrected chi connectivity index (χ0v) is 15.8. The van der Waals surface area contributed by atoms with E-state index in [2.05, 4.69) is 0 Å². The lowest BCUT2D eigenvalue weighted by Gasteiger charge is -2.20. The topological polar surface area (TPSA) is 46.6 Å². The van der Waals surface area contributed by atoms with Gasteiger partial charge in [0.25, 0.3) is 0 Å². The van der Waals surface area contributed by atoms with Crippen molar-refractivity contribution in [2.75, 3.05) is 18.9 Å². The number of amides is 1. The van der Waals surface area contributed by atoms with E-state index in [9.17, 15) is 9.59 Å². The summed E-state index contributed by atoms with van der Waals surface area (Å²) in [5.41, 5.74) is 1.71. The van der Waals surface area contributed by atoms with E-state index in [0.29, 0.717) is 18.9 Å². The number of thioether (sulfide) groups is 1. The molecule has 1 aliphatic rings. The first-order valence-electron chi connectivity index (χ1n) is 8.08. The number of hydrogen-bond donors (Lipinski definition) is 0. The van der Waals surface area contributed by atoms with E-state index >= 15 is 0 Å². The van der Waals surface area contributed by atoms with Crippen LogP contribution in [-0.2, 0) is 9.59 Å². The van der Waals surface area contributed by atoms with Gasteiger partial charge in [-0.15, -0.1) is 0 Å². The Morgan fingerprint density at radius 2 is 1.92 bits per heavy atom. The number of nitrogens with zero attached hydrogens (tertiary/aromatic N) is 1. The second-order valence-electron chi connectivity index (χ2n) is 7.00. The zero-order chi connectivity index (χ0) is 17.9. The molecule has 0 unspecified atom stereocenters. The van der Waals surface area contributed by atoms with Gasteiger partial charge in [0.2, 0.25) is 5.91 Å². The van der Waals surface area contributed by atoms with Gasteiger partial charge in [-0.3, -0.25) is 9.59 Å². The first kappa shape index (κ1) is 18.6. The highest BCUT2D eigenvalue weighted by atomic mass is 32.2. The van der Waals surface area contributed by atoms with Crippen molar-refractivity contribution in [2.45, 2.75) is 34.6 Å². The molecule has 1 aromatic carbocycles. The molecule has 1 aromatic rings. The summed E-state index contributed by atoms with van der Waals surface area (Å²) in [4.78, 5) is 25.9. The summed E-state index contributed by atoms with van der Waals surface area (Å²) in [7, 11) is 0. The van der Waals surface area contributed by atoms with Crippen LogP contribution < -0.4 is 4.74 Å². The maximum Gasteiger partial charge on any atom is 0.237 e. The molecule has 0 spiro atoms. The minimum atomic E-state index is -0.445. The second kappa shape index (κ2) is 7.43. The third-order valence-electron chi connectivity index (χ3n) is 3.87. The summed E-state index contributed by atoms with van der Waals surface area (Å²) in [6, 6.07) is 6.01. The Hall–Kier alpha value is -1.75. The Bertz CT molecular complexity index is 653. The Balaban J connectivity index is 2.03. The summed E-state index contributed by atoms with van der Waals surface area (Å²) in [5, 5.41) is 0.727. The fraction of sp³-hybridized carbons (Fsp3) is 0.474. The van der Waals surface area contributed by atoms with Crippen molar-refractivity contribution in [3.63, 3.8) is 0 Å². The number of aryl methyl sites for hydroxylation is 2. The van der Waals surface area contributed by atoms with Crippen LogP contribution in [0.2, 0.25) is 0 Å². The number of carbonyl (C=O) groups is 2. The van der Waals surface area contributed by atoms with Gasteiger partial charge in [0.15, 0.2) is 5.78 Å². The van der Waals surface area contributed by atoms with Crippen LogP contribution in [0.5, 0.6) is 5.75 Å². The highest BCUT2D eigenvalue weighted by molar-refractivity contribution is 8.04. The predicted molar refractivity (Wildman–Crippen MR) is 98.1 cm³/mol. The number of carbonyl (C=O) groups excluding carboxylic acids is 2. The summed E-state index contributed by atoms with van der Waals surface area (Å²) >= 11 is 1.42. The van der Waals surface area contributed by atoms with Crippen molar-refractivity contribution in [1.82, 2.24) is 4.90 Å². The van der Waals surface area contributed by atoms with Gasteiger partial charge in [-0.05, 0) is 25.0 Å². The standard InChI is InChI=1S/C19H25NO3S/c1-13-7-6-8-14(2)18(13)23-10-9-20-16(22)12-24-17(20)11-15(21)19(3,4)5/h6-8,11H,9-10,12H2,1-5H3/b17-11-. The van der Waals surface area contributed by atoms with Gasteiger partial charge in [-0.1, -0.05) is 50.7 Å². The molecular weight excluding hydrogens is 322 g/mol. The molecule has 1 amide bonds. The van der Waals surface area contributed by atoms with Crippen molar-refractivity contribution in [3.05, 3.63) is 40.4 Å². The third-order valence-corrected chi connectivity index (χ3v) is 4.90. The summed E-state index contributed by atoms with van der Waals surface area (Å²) in [5.74, 6) is 1.30. The minimum absolute atomic E-state index is 0.0260. The van der Waals surface area contributed by atoms with Gasteiger partial charge < -0.3 is 9.64 Å². The van der Waals surface area contributed by atoms with Crippen molar-refractivity contribution in [3.8, 4) is 5.75 Å². The molecule has 0 saturated carbocycles. The molecular formula is C19H25NO3S. The maximum absolute atomic E-state index is 12.2. The third kappa shape index (κ3) is 4.41. The van der Waals surface area contributed by atoms with Crippen LogP contribution in [0.1, 0.15) is 31.9 Å². The van der Waals surface area contributed by atoms with Gasteiger partial charge in [-0.2, -0.15) is 0 Å². The number of rotatable bonds is 5. The molecule has 2 rings (SSSR count). The summed E-state index contributed by atoms with van der Waals surface area (Å²) < 4.78 is 5.88. The number of benzene rings is 1. The van der Waals surface area contributed by atoms with E-state index in [0.717, 1.165) is 21.9 Å². The van der Waals surface area contributed by atoms with E-state index in [1.54, 1.807) is 11.0 Å². The van der Waals surface area contributed by atoms with E-state index in [1.807, 2.05) is 52.8 Å². The Morgan fingerprint density at radius 3 is 2.50 bits per heavy atom. The molecule has 130 valence electrons. The lowest BCUT2D eigenvalue weighted by molar-refractivity contribution is -0.125. The molecule has 5 heteroatoms. The SMILES string of the molecule is Cc1cccc(C)c1OCCN1C(=O)CS/C1=C\C(=O)C(C)(C)C. The molecule has 1 heterocycles. The van der Waals surface area contributed by atoms with E-state index in [-0.39, 0.29) is 11.7 Å². The van der Waals surface area contributed by atoms with Crippen LogP contribution in [0.4, 0.5) is 0 Å². The van der Waals surface area contributed by atoms with Crippen LogP contribution in [-0.4, -0.2) is 35.5 Å². The van der Waals surface area contributed by atoms with Crippen LogP contribution >= 0.6 is 11.8 Å². The monoisotopic (exact) mass is 347 g/mol. The van der Waals surface area contributed by atoms with Gasteiger partial charge in [0, 0.05) is 11.5 Å². The Kier molecular flexibility index (Phi) is 5.75. The number of ketones is 1. The average Bonchev–Trinajstić information content (AvgIpc) is 2.82. The quantitative estimate of drug-likeness (QED) is 0.762. The lowest BCUT2D eigenvalue weighted by atomic mass is 9.91. The van der Waals surface area contributed by atoms with Crippen molar-refractivity contribution >= 4 is 23.5 Å². The van der Waals surface area contributed by atoms with Crippen molar-refractivity contribution in [2.24, 2.45) is 5.41 Å². The fourth-order valence-corrected chi connectivity index (χ4v) is 3.33. The molecule has 0 aliphatic carbocycles. The second-order valence-corrected chi connectivity index (χ2v) is 8.00. The smallest absolute Gasteiger partial charge is 0.237 e. The molecule has 0 atom stereocenters. The molecule has 0 radical (unpaired) electrons. The average molecular weight is 347 g/mol. The van der Waals surface area contributed by atoms with Crippen LogP contribution in [0.3, 0.4) is 0 Å². The molecule has 4 nitrogen and oxygen atoms in total. The number of allylic oxidation sites excluding steroid dienone is 1. The van der Waals surface area contributed by atoms with Crippen LogP contribution in [0.25, 0.3) is 0 Å². The number of hydrogen-bond acceptors (Lipinski definition) is 4. The molecule has 0 N–H and O–H groups in total. The van der Waals surface area contributed by atoms with Crippen LogP contribution in [0.15, 0.2) is 29.3 Å². The predicted octanol–water partition coefficient (Wildman–Crippen LogP) is 3.71. The van der Waals surface area contributed by atoms with Gasteiger partial charge in [0.05, 0.1) is 17.3 Å². The Morgan fingerprint density at radius 1 is 1.29 bits per heavy atom. The van der Waals surface area contributed by atoms with Gasteiger partial charge >= 0.3 is 0 Å². The van der Waals surface area contributed by atoms with Crippen molar-refractivity contribution < 1.29 is 14.3 Å². The molecule has 1 saturated heterocycles. The first-order chi connectivity index (χ1) is 11.2. The minimum Gasteiger partial charge on any atom is -0.491 e. The first-order valence-corrected chi connectivity index (χ1v) is 9.07. The highest BCUT2D eigenvalue weighted by Gasteiger charge is 2.29. The lowest BCUT2D eigenvalue weighted by Crippen LogP contribution is -2.30. The molecule has 0 bridgehead atoms. The fourth-order valence-electron chi connectivity index (χ4n) is 2.36. The normalized spacial score (nSPS) is 16.8. The number of para-hydroxylation sites is 1. The molecule has 1 fully saturated rings. The highest BCUT2D eigenvalue weighted by Crippen LogP contribution is 2.30. The van der Waals surface area contributed by atoms with Gasteiger partial charge in [-0.25, -0.2) is 0 Å². The maximum atomic E-state index is 12.2. The number of ether oxygens (including phenoxy) is 1. The Labute approximate surface area is 148 Å². The van der Waals surface area contributed by atoms with E-state index in [4.69, 9.17) is 4.74 Å². The zero-order valence-electron chi connectivity index (χ0n) is 15.0. The van der Waals surface area contributed by atoms with Crippen molar-refractivity contribution in [1.29, 1.82) is 0 Å². The van der Waals surface area contributed by atoms with E-state index < -0.39 is 5.41 Å². The summed E-state index contributed by atoms with van der Waals surface area (Å²) in [6.45, 7) is 10.5. The molecule has 1 aliphatic heterocycles. The van der Waals surface area contributed by atoms with E-state index in [1.165, 1.54) is 11.8 Å². The van der Waals surface area contributed by atoms with Crippen LogP contribution in [0, 0.1) is 19.3 Å². The summed E-state index contributed by atoms with van der Waals surface area (Å²) in [6.07, 6.45) is 1.59. The molecule has 24 heavy (non-hydrogen) atoms. The van der Waals surface area contributed by atoms with Gasteiger partial charge in [0.1, 0.15) is 12.4 Å². The largest absolute Gasteiger partial charge is 0.491 e.